The van der Waals surface area contributed by atoms with Gasteiger partial charge in [-0.3, -0.25) is 9.48 Å². The molecule has 0 bridgehead atoms. The highest BCUT2D eigenvalue weighted by Crippen LogP contribution is 2.20. The van der Waals surface area contributed by atoms with Gasteiger partial charge in [-0.05, 0) is 46.0 Å². The molecule has 0 saturated carbocycles. The number of amides is 1. The molecular weight excluding hydrogens is 340 g/mol. The van der Waals surface area contributed by atoms with Gasteiger partial charge in [0.05, 0.1) is 23.0 Å². The van der Waals surface area contributed by atoms with E-state index < -0.39 is 0 Å². The van der Waals surface area contributed by atoms with Gasteiger partial charge in [-0.2, -0.15) is 5.10 Å². The van der Waals surface area contributed by atoms with Crippen LogP contribution in [0, 0.1) is 13.8 Å². The summed E-state index contributed by atoms with van der Waals surface area (Å²) in [5, 5.41) is 8.02. The molecule has 0 aliphatic heterocycles. The zero-order chi connectivity index (χ0) is 18.6. The van der Waals surface area contributed by atoms with E-state index in [0.717, 1.165) is 31.0 Å². The predicted molar refractivity (Wildman–Crippen MR) is 99.2 cm³/mol. The van der Waals surface area contributed by atoms with Crippen LogP contribution in [0.3, 0.4) is 0 Å². The third-order valence-corrected chi connectivity index (χ3v) is 4.84. The van der Waals surface area contributed by atoms with E-state index in [1.165, 1.54) is 0 Å². The Kier molecular flexibility index (Phi) is 6.67. The van der Waals surface area contributed by atoms with Gasteiger partial charge in [-0.15, -0.1) is 0 Å². The van der Waals surface area contributed by atoms with Gasteiger partial charge in [0.25, 0.3) is 5.91 Å². The number of likely N-dealkylation sites (N-methyl/N-ethyl adjacent to an activating group) is 1. The van der Waals surface area contributed by atoms with Crippen molar-refractivity contribution in [2.45, 2.75) is 47.2 Å². The van der Waals surface area contributed by atoms with Crippen molar-refractivity contribution in [3.8, 4) is 0 Å². The first kappa shape index (κ1) is 19.5. The van der Waals surface area contributed by atoms with Crippen molar-refractivity contribution < 1.29 is 9.21 Å². The summed E-state index contributed by atoms with van der Waals surface area (Å²) in [6.07, 6.45) is 0. The van der Waals surface area contributed by atoms with Crippen LogP contribution >= 0.6 is 11.6 Å². The number of hydrogen-bond donors (Lipinski definition) is 1. The molecule has 2 aromatic heterocycles. The highest BCUT2D eigenvalue weighted by Gasteiger charge is 2.16. The largest absolute Gasteiger partial charge is 0.454 e. The number of aromatic nitrogens is 2. The number of nitrogens with zero attached hydrogens (tertiary/aromatic N) is 3. The Morgan fingerprint density at radius 2 is 2.04 bits per heavy atom. The van der Waals surface area contributed by atoms with Gasteiger partial charge in [-0.1, -0.05) is 25.4 Å². The Labute approximate surface area is 154 Å². The highest BCUT2D eigenvalue weighted by atomic mass is 35.5. The minimum atomic E-state index is -0.197. The van der Waals surface area contributed by atoms with Crippen LogP contribution < -0.4 is 5.32 Å². The molecule has 2 aromatic rings. The van der Waals surface area contributed by atoms with Crippen LogP contribution in [-0.2, 0) is 6.54 Å². The van der Waals surface area contributed by atoms with Crippen molar-refractivity contribution in [3.63, 3.8) is 0 Å². The third-order valence-electron chi connectivity index (χ3n) is 4.29. The summed E-state index contributed by atoms with van der Waals surface area (Å²) < 4.78 is 7.46. The lowest BCUT2D eigenvalue weighted by molar-refractivity contribution is 0.0900. The molecule has 2 heterocycles. The van der Waals surface area contributed by atoms with E-state index in [9.17, 15) is 4.79 Å². The summed E-state index contributed by atoms with van der Waals surface area (Å²) in [6, 6.07) is 3.55. The fraction of sp³-hybridized carbons (Fsp3) is 0.556. The minimum Gasteiger partial charge on any atom is -0.454 e. The number of carbonyl (C=O) groups excluding carboxylic acids is 1. The lowest BCUT2D eigenvalue weighted by atomic mass is 10.3. The van der Waals surface area contributed by atoms with E-state index in [0.29, 0.717) is 23.1 Å². The van der Waals surface area contributed by atoms with Crippen LogP contribution in [-0.4, -0.2) is 46.3 Å². The molecule has 0 unspecified atom stereocenters. The number of furan rings is 1. The monoisotopic (exact) mass is 366 g/mol. The summed E-state index contributed by atoms with van der Waals surface area (Å²) >= 11 is 6.16. The Morgan fingerprint density at radius 3 is 2.60 bits per heavy atom. The normalized spacial score (nSPS) is 12.6. The molecule has 138 valence electrons. The van der Waals surface area contributed by atoms with E-state index in [1.54, 1.807) is 16.8 Å². The van der Waals surface area contributed by atoms with E-state index in [4.69, 9.17) is 16.0 Å². The molecule has 2 rings (SSSR count). The summed E-state index contributed by atoms with van der Waals surface area (Å²) in [5.41, 5.74) is 1.67. The molecule has 0 aliphatic carbocycles. The highest BCUT2D eigenvalue weighted by molar-refractivity contribution is 6.31. The molecule has 0 spiro atoms. The van der Waals surface area contributed by atoms with Gasteiger partial charge < -0.3 is 14.6 Å². The summed E-state index contributed by atoms with van der Waals surface area (Å²) in [4.78, 5) is 14.6. The van der Waals surface area contributed by atoms with Crippen LogP contribution in [0.4, 0.5) is 0 Å². The maximum absolute atomic E-state index is 12.3. The topological polar surface area (TPSA) is 63.3 Å². The van der Waals surface area contributed by atoms with Crippen molar-refractivity contribution in [2.75, 3.05) is 19.6 Å². The summed E-state index contributed by atoms with van der Waals surface area (Å²) in [6.45, 7) is 13.2. The SMILES string of the molecule is CCN(CC)C[C@@H](C)NC(=O)c1ccc(Cn2nc(C)c(Cl)c2C)o1. The molecule has 0 fully saturated rings. The quantitative estimate of drug-likeness (QED) is 0.778. The second-order valence-corrected chi connectivity index (χ2v) is 6.65. The van der Waals surface area contributed by atoms with Crippen molar-refractivity contribution in [3.05, 3.63) is 40.1 Å². The first-order valence-corrected chi connectivity index (χ1v) is 9.04. The average molecular weight is 367 g/mol. The van der Waals surface area contributed by atoms with Crippen LogP contribution in [0.2, 0.25) is 5.02 Å². The van der Waals surface area contributed by atoms with Gasteiger partial charge in [0.15, 0.2) is 5.76 Å². The van der Waals surface area contributed by atoms with Gasteiger partial charge in [0.2, 0.25) is 0 Å². The van der Waals surface area contributed by atoms with Gasteiger partial charge in [-0.25, -0.2) is 0 Å². The van der Waals surface area contributed by atoms with E-state index in [1.807, 2.05) is 20.8 Å². The second-order valence-electron chi connectivity index (χ2n) is 6.27. The van der Waals surface area contributed by atoms with E-state index >= 15 is 0 Å². The lowest BCUT2D eigenvalue weighted by Gasteiger charge is -2.23. The molecule has 0 aromatic carbocycles. The van der Waals surface area contributed by atoms with Gasteiger partial charge in [0, 0.05) is 12.6 Å². The van der Waals surface area contributed by atoms with Crippen LogP contribution in [0.25, 0.3) is 0 Å². The number of aryl methyl sites for hydroxylation is 1. The Hall–Kier alpha value is -1.79. The Morgan fingerprint density at radius 1 is 1.36 bits per heavy atom. The van der Waals surface area contributed by atoms with Gasteiger partial charge >= 0.3 is 0 Å². The number of rotatable bonds is 8. The van der Waals surface area contributed by atoms with Crippen molar-refractivity contribution in [1.29, 1.82) is 0 Å². The fourth-order valence-electron chi connectivity index (χ4n) is 2.77. The van der Waals surface area contributed by atoms with Crippen molar-refractivity contribution in [1.82, 2.24) is 20.0 Å². The lowest BCUT2D eigenvalue weighted by Crippen LogP contribution is -2.41. The summed E-state index contributed by atoms with van der Waals surface area (Å²) in [5.74, 6) is 0.787. The number of carbonyl (C=O) groups is 1. The third kappa shape index (κ3) is 4.86. The Bertz CT molecular complexity index is 719. The number of hydrogen-bond acceptors (Lipinski definition) is 4. The first-order valence-electron chi connectivity index (χ1n) is 8.67. The van der Waals surface area contributed by atoms with Crippen LogP contribution in [0.1, 0.15) is 48.5 Å². The molecule has 0 aliphatic rings. The first-order chi connectivity index (χ1) is 11.8. The molecule has 25 heavy (non-hydrogen) atoms. The number of nitrogens with one attached hydrogen (secondary N) is 1. The minimum absolute atomic E-state index is 0.0516. The summed E-state index contributed by atoms with van der Waals surface area (Å²) in [7, 11) is 0. The molecule has 6 nitrogen and oxygen atoms in total. The predicted octanol–water partition coefficient (Wildman–Crippen LogP) is 3.25. The van der Waals surface area contributed by atoms with Crippen molar-refractivity contribution in [2.24, 2.45) is 0 Å². The van der Waals surface area contributed by atoms with E-state index in [-0.39, 0.29) is 11.9 Å². The van der Waals surface area contributed by atoms with Crippen molar-refractivity contribution >= 4 is 17.5 Å². The standard InChI is InChI=1S/C18H27ClN4O2/c1-6-22(7-2)10-12(3)20-18(24)16-9-8-15(25-16)11-23-14(5)17(19)13(4)21-23/h8-9,12H,6-7,10-11H2,1-5H3,(H,20,24)/t12-/m1/s1. The smallest absolute Gasteiger partial charge is 0.287 e. The van der Waals surface area contributed by atoms with Crippen LogP contribution in [0.5, 0.6) is 0 Å². The maximum Gasteiger partial charge on any atom is 0.287 e. The molecule has 1 atom stereocenters. The molecule has 0 radical (unpaired) electrons. The molecule has 1 amide bonds. The Balaban J connectivity index is 1.98. The maximum atomic E-state index is 12.3. The van der Waals surface area contributed by atoms with Crippen LogP contribution in [0.15, 0.2) is 16.5 Å². The average Bonchev–Trinajstić information content (AvgIpc) is 3.14. The molecule has 7 heteroatoms. The molecular formula is C18H27ClN4O2. The van der Waals surface area contributed by atoms with Gasteiger partial charge in [0.1, 0.15) is 5.76 Å². The zero-order valence-electron chi connectivity index (χ0n) is 15.6. The molecule has 1 N–H and O–H groups in total. The zero-order valence-corrected chi connectivity index (χ0v) is 16.4. The van der Waals surface area contributed by atoms with E-state index in [2.05, 4.69) is 29.2 Å². The number of halogens is 1. The second kappa shape index (κ2) is 8.54. The fourth-order valence-corrected chi connectivity index (χ4v) is 2.91. The molecule has 0 saturated heterocycles.